The van der Waals surface area contributed by atoms with E-state index in [2.05, 4.69) is 20.8 Å². The lowest BCUT2D eigenvalue weighted by Crippen LogP contribution is -2.22. The molecule has 0 saturated heterocycles. The van der Waals surface area contributed by atoms with E-state index in [1.54, 1.807) is 55.9 Å². The average molecular weight is 418 g/mol. The first-order valence-electron chi connectivity index (χ1n) is 9.91. The van der Waals surface area contributed by atoms with E-state index in [0.717, 1.165) is 12.0 Å². The summed E-state index contributed by atoms with van der Waals surface area (Å²) in [6.07, 6.45) is 5.41. The molecule has 0 bridgehead atoms. The highest BCUT2D eigenvalue weighted by atomic mass is 16.5. The van der Waals surface area contributed by atoms with Crippen molar-refractivity contribution in [1.29, 1.82) is 0 Å². The number of carbonyl (C=O) groups excluding carboxylic acids is 2. The molecule has 0 atom stereocenters. The van der Waals surface area contributed by atoms with E-state index >= 15 is 0 Å². The second-order valence-corrected chi connectivity index (χ2v) is 7.13. The minimum Gasteiger partial charge on any atom is -0.497 e. The minimum atomic E-state index is -0.338. The Labute approximate surface area is 179 Å². The molecule has 31 heavy (non-hydrogen) atoms. The van der Waals surface area contributed by atoms with Crippen LogP contribution in [0.1, 0.15) is 50.6 Å². The van der Waals surface area contributed by atoms with Crippen molar-refractivity contribution in [1.82, 2.24) is 10.4 Å². The maximum Gasteiger partial charge on any atom is 0.291 e. The number of nitrogens with zero attached hydrogens (tertiary/aromatic N) is 2. The van der Waals surface area contributed by atoms with Crippen molar-refractivity contribution in [2.75, 3.05) is 12.4 Å². The molecule has 8 nitrogen and oxygen atoms in total. The number of carbonyl (C=O) groups is 2. The summed E-state index contributed by atoms with van der Waals surface area (Å²) in [5.41, 5.74) is 5.88. The number of nitrogens with one attached hydrogen (secondary N) is 2. The molecule has 158 valence electrons. The summed E-state index contributed by atoms with van der Waals surface area (Å²) < 4.78 is 11.0. The van der Waals surface area contributed by atoms with Crippen molar-refractivity contribution in [3.05, 3.63) is 77.0 Å². The van der Waals surface area contributed by atoms with Crippen molar-refractivity contribution >= 4 is 23.2 Å². The number of anilines is 1. The summed E-state index contributed by atoms with van der Waals surface area (Å²) in [5.74, 6) is 0.873. The summed E-state index contributed by atoms with van der Waals surface area (Å²) in [5, 5.41) is 7.16. The van der Waals surface area contributed by atoms with Gasteiger partial charge in [-0.2, -0.15) is 5.10 Å². The third kappa shape index (κ3) is 4.32. The normalized spacial score (nSPS) is 14.1. The van der Waals surface area contributed by atoms with Crippen molar-refractivity contribution < 1.29 is 18.7 Å². The van der Waals surface area contributed by atoms with Gasteiger partial charge in [-0.15, -0.1) is 0 Å². The van der Waals surface area contributed by atoms with Crippen LogP contribution in [0.3, 0.4) is 0 Å². The van der Waals surface area contributed by atoms with Gasteiger partial charge in [0, 0.05) is 41.2 Å². The molecular weight excluding hydrogens is 396 g/mol. The molecule has 0 radical (unpaired) electrons. The highest BCUT2D eigenvalue weighted by molar-refractivity contribution is 6.09. The second-order valence-electron chi connectivity index (χ2n) is 7.13. The van der Waals surface area contributed by atoms with Gasteiger partial charge in [0.1, 0.15) is 11.5 Å². The van der Waals surface area contributed by atoms with Gasteiger partial charge >= 0.3 is 0 Å². The Morgan fingerprint density at radius 2 is 1.94 bits per heavy atom. The quantitative estimate of drug-likeness (QED) is 0.615. The predicted octanol–water partition coefficient (Wildman–Crippen LogP) is 3.71. The molecule has 1 aromatic carbocycles. The van der Waals surface area contributed by atoms with Crippen molar-refractivity contribution in [3.8, 4) is 5.75 Å². The van der Waals surface area contributed by atoms with Crippen LogP contribution in [0.25, 0.3) is 0 Å². The van der Waals surface area contributed by atoms with Gasteiger partial charge in [0.25, 0.3) is 11.8 Å². The van der Waals surface area contributed by atoms with E-state index in [9.17, 15) is 9.59 Å². The van der Waals surface area contributed by atoms with Crippen LogP contribution in [0.2, 0.25) is 0 Å². The number of ether oxygens (including phenoxy) is 1. The fraction of sp³-hybridized carbons (Fsp3) is 0.217. The lowest BCUT2D eigenvalue weighted by Gasteiger charge is -2.13. The molecule has 0 fully saturated rings. The first kappa shape index (κ1) is 20.3. The van der Waals surface area contributed by atoms with Crippen LogP contribution in [-0.2, 0) is 6.42 Å². The molecule has 1 aliphatic carbocycles. The zero-order chi connectivity index (χ0) is 21.8. The van der Waals surface area contributed by atoms with Crippen LogP contribution < -0.4 is 15.5 Å². The SMILES string of the molecule is COc1cccc(C(=O)N/N=C2\CCCc3oc(C(=O)Nc4ccncc4)c(C)c32)c1. The summed E-state index contributed by atoms with van der Waals surface area (Å²) >= 11 is 0. The topological polar surface area (TPSA) is 106 Å². The molecule has 2 N–H and O–H groups in total. The van der Waals surface area contributed by atoms with Gasteiger partial charge in [0.05, 0.1) is 12.8 Å². The molecule has 2 amide bonds. The zero-order valence-electron chi connectivity index (χ0n) is 17.3. The maximum absolute atomic E-state index is 12.7. The molecule has 3 aromatic rings. The van der Waals surface area contributed by atoms with Crippen LogP contribution in [0, 0.1) is 6.92 Å². The fourth-order valence-corrected chi connectivity index (χ4v) is 3.57. The first-order valence-corrected chi connectivity index (χ1v) is 9.91. The molecule has 2 heterocycles. The second kappa shape index (κ2) is 8.83. The standard InChI is InChI=1S/C23H22N4O4/c1-14-20-18(26-27-22(28)15-5-3-6-17(13-15)30-2)7-4-8-19(20)31-21(14)23(29)25-16-9-11-24-12-10-16/h3,5-6,9-13H,4,7-8H2,1-2H3,(H,27,28)(H,24,25,29)/b26-18+. The van der Waals surface area contributed by atoms with Crippen molar-refractivity contribution in [3.63, 3.8) is 0 Å². The van der Waals surface area contributed by atoms with Gasteiger partial charge in [-0.25, -0.2) is 5.43 Å². The third-order valence-electron chi connectivity index (χ3n) is 5.09. The molecule has 1 aliphatic rings. The van der Waals surface area contributed by atoms with Gasteiger partial charge in [-0.05, 0) is 50.1 Å². The molecule has 0 aliphatic heterocycles. The van der Waals surface area contributed by atoms with Gasteiger partial charge in [0.2, 0.25) is 0 Å². The Morgan fingerprint density at radius 1 is 1.13 bits per heavy atom. The van der Waals surface area contributed by atoms with Crippen LogP contribution in [0.15, 0.2) is 58.3 Å². The van der Waals surface area contributed by atoms with Crippen molar-refractivity contribution in [2.24, 2.45) is 5.10 Å². The molecule has 8 heteroatoms. The lowest BCUT2D eigenvalue weighted by molar-refractivity contribution is 0.0953. The molecule has 0 spiro atoms. The van der Waals surface area contributed by atoms with Gasteiger partial charge in [-0.3, -0.25) is 14.6 Å². The number of fused-ring (bicyclic) bond motifs is 1. The molecule has 0 unspecified atom stereocenters. The van der Waals surface area contributed by atoms with E-state index in [-0.39, 0.29) is 17.6 Å². The summed E-state index contributed by atoms with van der Waals surface area (Å²) in [6.45, 7) is 1.83. The number of hydrazone groups is 1. The smallest absolute Gasteiger partial charge is 0.291 e. The number of benzene rings is 1. The lowest BCUT2D eigenvalue weighted by atomic mass is 9.93. The Kier molecular flexibility index (Phi) is 5.79. The minimum absolute atomic E-state index is 0.246. The molecule has 2 aromatic heterocycles. The number of pyridine rings is 1. The van der Waals surface area contributed by atoms with Crippen LogP contribution in [0.5, 0.6) is 5.75 Å². The number of hydrogen-bond acceptors (Lipinski definition) is 6. The summed E-state index contributed by atoms with van der Waals surface area (Å²) in [7, 11) is 1.55. The number of aryl methyl sites for hydroxylation is 1. The predicted molar refractivity (Wildman–Crippen MR) is 116 cm³/mol. The maximum atomic E-state index is 12.7. The number of furan rings is 1. The Morgan fingerprint density at radius 3 is 2.71 bits per heavy atom. The number of rotatable bonds is 5. The Balaban J connectivity index is 1.56. The number of hydrogen-bond donors (Lipinski definition) is 2. The Hall–Kier alpha value is -3.94. The van der Waals surface area contributed by atoms with E-state index < -0.39 is 0 Å². The zero-order valence-corrected chi connectivity index (χ0v) is 17.3. The fourth-order valence-electron chi connectivity index (χ4n) is 3.57. The van der Waals surface area contributed by atoms with Gasteiger partial charge < -0.3 is 14.5 Å². The van der Waals surface area contributed by atoms with Gasteiger partial charge in [0.15, 0.2) is 5.76 Å². The third-order valence-corrected chi connectivity index (χ3v) is 5.09. The van der Waals surface area contributed by atoms with E-state index in [1.165, 1.54) is 0 Å². The monoisotopic (exact) mass is 418 g/mol. The average Bonchev–Trinajstić information content (AvgIpc) is 3.15. The van der Waals surface area contributed by atoms with Crippen LogP contribution in [0.4, 0.5) is 5.69 Å². The van der Waals surface area contributed by atoms with E-state index in [4.69, 9.17) is 9.15 Å². The van der Waals surface area contributed by atoms with Crippen LogP contribution in [-0.4, -0.2) is 29.6 Å². The van der Waals surface area contributed by atoms with Gasteiger partial charge in [-0.1, -0.05) is 6.07 Å². The molecule has 0 saturated carbocycles. The molecule has 4 rings (SSSR count). The highest BCUT2D eigenvalue weighted by Gasteiger charge is 2.28. The number of amides is 2. The summed E-state index contributed by atoms with van der Waals surface area (Å²) in [6, 6.07) is 10.3. The van der Waals surface area contributed by atoms with Crippen molar-refractivity contribution in [2.45, 2.75) is 26.2 Å². The Bertz CT molecular complexity index is 1150. The molecular formula is C23H22N4O4. The largest absolute Gasteiger partial charge is 0.497 e. The summed E-state index contributed by atoms with van der Waals surface area (Å²) in [4.78, 5) is 29.2. The van der Waals surface area contributed by atoms with Crippen LogP contribution >= 0.6 is 0 Å². The highest BCUT2D eigenvalue weighted by Crippen LogP contribution is 2.30. The van der Waals surface area contributed by atoms with E-state index in [0.29, 0.717) is 46.9 Å². The first-order chi connectivity index (χ1) is 15.1. The number of methoxy groups -OCH3 is 1. The number of aromatic nitrogens is 1. The van der Waals surface area contributed by atoms with E-state index in [1.807, 2.05) is 6.92 Å².